The molecule has 1 amide bonds. The number of benzene rings is 1. The van der Waals surface area contributed by atoms with Gasteiger partial charge in [-0.25, -0.2) is 0 Å². The lowest BCUT2D eigenvalue weighted by Gasteiger charge is -2.06. The first-order valence-corrected chi connectivity index (χ1v) is 5.86. The Morgan fingerprint density at radius 1 is 1.29 bits per heavy atom. The van der Waals surface area contributed by atoms with Gasteiger partial charge < -0.3 is 15.4 Å². The Kier molecular flexibility index (Phi) is 6.10. The first-order chi connectivity index (χ1) is 8.26. The number of rotatable bonds is 7. The number of carbonyl (C=O) groups excluding carboxylic acids is 1. The van der Waals surface area contributed by atoms with E-state index in [1.165, 1.54) is 0 Å². The molecular formula is C13H20N2O2. The zero-order chi connectivity index (χ0) is 12.5. The highest BCUT2D eigenvalue weighted by atomic mass is 16.5. The Bertz CT molecular complexity index is 336. The molecule has 4 nitrogen and oxygen atoms in total. The Morgan fingerprint density at radius 2 is 2.00 bits per heavy atom. The normalized spacial score (nSPS) is 10.0. The summed E-state index contributed by atoms with van der Waals surface area (Å²) in [5.41, 5.74) is 1.07. The van der Waals surface area contributed by atoms with E-state index in [4.69, 9.17) is 4.74 Å². The Morgan fingerprint density at radius 3 is 2.59 bits per heavy atom. The summed E-state index contributed by atoms with van der Waals surface area (Å²) in [6.07, 6.45) is 0.518. The van der Waals surface area contributed by atoms with E-state index in [0.717, 1.165) is 24.4 Å². The molecule has 0 aliphatic rings. The zero-order valence-corrected chi connectivity index (χ0v) is 10.5. The van der Waals surface area contributed by atoms with E-state index in [9.17, 15) is 4.79 Å². The fraction of sp³-hybridized carbons (Fsp3) is 0.462. The fourth-order valence-corrected chi connectivity index (χ4v) is 1.41. The van der Waals surface area contributed by atoms with E-state index in [2.05, 4.69) is 10.6 Å². The van der Waals surface area contributed by atoms with Crippen LogP contribution in [0.5, 0.6) is 5.75 Å². The Balaban J connectivity index is 2.27. The molecule has 0 saturated carbocycles. The van der Waals surface area contributed by atoms with Gasteiger partial charge in [0.25, 0.3) is 0 Å². The van der Waals surface area contributed by atoms with Crippen LogP contribution in [0.2, 0.25) is 0 Å². The van der Waals surface area contributed by atoms with Crippen LogP contribution in [-0.2, 0) is 11.3 Å². The van der Waals surface area contributed by atoms with Crippen LogP contribution in [0.4, 0.5) is 0 Å². The number of carbonyl (C=O) groups is 1. The molecule has 0 unspecified atom stereocenters. The van der Waals surface area contributed by atoms with Gasteiger partial charge in [-0.05, 0) is 24.2 Å². The van der Waals surface area contributed by atoms with Gasteiger partial charge in [-0.15, -0.1) is 0 Å². The third kappa shape index (κ3) is 5.36. The molecule has 0 heterocycles. The minimum absolute atomic E-state index is 0.0711. The maximum atomic E-state index is 11.4. The van der Waals surface area contributed by atoms with Crippen molar-refractivity contribution in [2.45, 2.75) is 19.9 Å². The van der Waals surface area contributed by atoms with Gasteiger partial charge in [0.1, 0.15) is 5.75 Å². The van der Waals surface area contributed by atoms with Crippen molar-refractivity contribution in [2.75, 3.05) is 20.2 Å². The molecule has 0 fully saturated rings. The smallest absolute Gasteiger partial charge is 0.221 e. The monoisotopic (exact) mass is 236 g/mol. The molecule has 0 spiro atoms. The maximum Gasteiger partial charge on any atom is 0.221 e. The third-order valence-electron chi connectivity index (χ3n) is 2.43. The summed E-state index contributed by atoms with van der Waals surface area (Å²) in [7, 11) is 1.64. The van der Waals surface area contributed by atoms with Crippen LogP contribution >= 0.6 is 0 Å². The average Bonchev–Trinajstić information content (AvgIpc) is 2.37. The van der Waals surface area contributed by atoms with Gasteiger partial charge in [-0.2, -0.15) is 0 Å². The Labute approximate surface area is 102 Å². The highest BCUT2D eigenvalue weighted by Gasteiger charge is 2.00. The van der Waals surface area contributed by atoms with Crippen LogP contribution in [0.1, 0.15) is 18.9 Å². The SMILES string of the molecule is CCNCCC(=O)NCc1ccc(OC)cc1. The summed E-state index contributed by atoms with van der Waals surface area (Å²) in [6, 6.07) is 7.67. The summed E-state index contributed by atoms with van der Waals surface area (Å²) in [5.74, 6) is 0.897. The van der Waals surface area contributed by atoms with E-state index in [1.807, 2.05) is 31.2 Å². The molecule has 0 saturated heterocycles. The minimum Gasteiger partial charge on any atom is -0.497 e. The molecule has 0 bridgehead atoms. The molecule has 1 aromatic rings. The Hall–Kier alpha value is -1.55. The molecule has 1 aromatic carbocycles. The summed E-state index contributed by atoms with van der Waals surface area (Å²) >= 11 is 0. The molecule has 0 aromatic heterocycles. The largest absolute Gasteiger partial charge is 0.497 e. The third-order valence-corrected chi connectivity index (χ3v) is 2.43. The molecule has 0 aliphatic heterocycles. The van der Waals surface area contributed by atoms with Crippen molar-refractivity contribution in [3.8, 4) is 5.75 Å². The van der Waals surface area contributed by atoms with Crippen molar-refractivity contribution in [1.82, 2.24) is 10.6 Å². The van der Waals surface area contributed by atoms with E-state index in [-0.39, 0.29) is 5.91 Å². The van der Waals surface area contributed by atoms with Gasteiger partial charge in [-0.1, -0.05) is 19.1 Å². The van der Waals surface area contributed by atoms with Crippen molar-refractivity contribution < 1.29 is 9.53 Å². The molecule has 17 heavy (non-hydrogen) atoms. The number of amides is 1. The molecule has 4 heteroatoms. The summed E-state index contributed by atoms with van der Waals surface area (Å²) in [5, 5.41) is 5.99. The number of nitrogens with one attached hydrogen (secondary N) is 2. The second-order valence-corrected chi connectivity index (χ2v) is 3.73. The van der Waals surface area contributed by atoms with Crippen LogP contribution in [-0.4, -0.2) is 26.1 Å². The van der Waals surface area contributed by atoms with E-state index in [0.29, 0.717) is 13.0 Å². The second kappa shape index (κ2) is 7.68. The maximum absolute atomic E-state index is 11.4. The summed E-state index contributed by atoms with van der Waals surface area (Å²) < 4.78 is 5.06. The number of ether oxygens (including phenoxy) is 1. The highest BCUT2D eigenvalue weighted by molar-refractivity contribution is 5.76. The van der Waals surface area contributed by atoms with Crippen molar-refractivity contribution in [1.29, 1.82) is 0 Å². The van der Waals surface area contributed by atoms with Crippen molar-refractivity contribution >= 4 is 5.91 Å². The molecule has 1 rings (SSSR count). The van der Waals surface area contributed by atoms with Gasteiger partial charge in [0, 0.05) is 19.5 Å². The average molecular weight is 236 g/mol. The number of methoxy groups -OCH3 is 1. The molecule has 0 aliphatic carbocycles. The van der Waals surface area contributed by atoms with Gasteiger partial charge >= 0.3 is 0 Å². The molecule has 0 atom stereocenters. The van der Waals surface area contributed by atoms with Gasteiger partial charge in [0.2, 0.25) is 5.91 Å². The molecule has 0 radical (unpaired) electrons. The van der Waals surface area contributed by atoms with E-state index >= 15 is 0 Å². The molecular weight excluding hydrogens is 216 g/mol. The van der Waals surface area contributed by atoms with Crippen molar-refractivity contribution in [3.05, 3.63) is 29.8 Å². The van der Waals surface area contributed by atoms with Crippen LogP contribution in [0.15, 0.2) is 24.3 Å². The highest BCUT2D eigenvalue weighted by Crippen LogP contribution is 2.10. The predicted octanol–water partition coefficient (Wildman–Crippen LogP) is 1.31. The molecule has 94 valence electrons. The minimum atomic E-state index is 0.0711. The lowest BCUT2D eigenvalue weighted by Crippen LogP contribution is -2.27. The second-order valence-electron chi connectivity index (χ2n) is 3.73. The lowest BCUT2D eigenvalue weighted by atomic mass is 10.2. The van der Waals surface area contributed by atoms with Gasteiger partial charge in [0.05, 0.1) is 7.11 Å². The van der Waals surface area contributed by atoms with Crippen LogP contribution < -0.4 is 15.4 Å². The van der Waals surface area contributed by atoms with Crippen LogP contribution in [0.3, 0.4) is 0 Å². The quantitative estimate of drug-likeness (QED) is 0.702. The fourth-order valence-electron chi connectivity index (χ4n) is 1.41. The predicted molar refractivity (Wildman–Crippen MR) is 68.0 cm³/mol. The van der Waals surface area contributed by atoms with Gasteiger partial charge in [0.15, 0.2) is 0 Å². The summed E-state index contributed by atoms with van der Waals surface area (Å²) in [4.78, 5) is 11.4. The summed E-state index contributed by atoms with van der Waals surface area (Å²) in [6.45, 7) is 4.21. The van der Waals surface area contributed by atoms with E-state index in [1.54, 1.807) is 7.11 Å². The van der Waals surface area contributed by atoms with E-state index < -0.39 is 0 Å². The van der Waals surface area contributed by atoms with Crippen molar-refractivity contribution in [3.63, 3.8) is 0 Å². The lowest BCUT2D eigenvalue weighted by molar-refractivity contribution is -0.121. The first-order valence-electron chi connectivity index (χ1n) is 5.86. The topological polar surface area (TPSA) is 50.4 Å². The standard InChI is InChI=1S/C13H20N2O2/c1-3-14-9-8-13(16)15-10-11-4-6-12(17-2)7-5-11/h4-7,14H,3,8-10H2,1-2H3,(H,15,16). The zero-order valence-electron chi connectivity index (χ0n) is 10.5. The van der Waals surface area contributed by atoms with Gasteiger partial charge in [-0.3, -0.25) is 4.79 Å². The van der Waals surface area contributed by atoms with Crippen LogP contribution in [0.25, 0.3) is 0 Å². The first kappa shape index (κ1) is 13.5. The van der Waals surface area contributed by atoms with Crippen molar-refractivity contribution in [2.24, 2.45) is 0 Å². The number of hydrogen-bond donors (Lipinski definition) is 2. The van der Waals surface area contributed by atoms with Crippen LogP contribution in [0, 0.1) is 0 Å². The number of hydrogen-bond acceptors (Lipinski definition) is 3. The molecule has 2 N–H and O–H groups in total.